The van der Waals surface area contributed by atoms with Gasteiger partial charge in [0.15, 0.2) is 0 Å². The van der Waals surface area contributed by atoms with E-state index >= 15 is 0 Å². The van der Waals surface area contributed by atoms with Gasteiger partial charge in [0.25, 0.3) is 0 Å². The highest BCUT2D eigenvalue weighted by molar-refractivity contribution is 4.89. The van der Waals surface area contributed by atoms with Crippen molar-refractivity contribution in [2.45, 2.75) is 37.9 Å². The fraction of sp³-hybridized carbons (Fsp3) is 1.00. The molecule has 0 aromatic rings. The molecule has 0 aromatic heterocycles. The van der Waals surface area contributed by atoms with Crippen LogP contribution in [-0.4, -0.2) is 43.3 Å². The summed E-state index contributed by atoms with van der Waals surface area (Å²) in [6.07, 6.45) is -0.920. The van der Waals surface area contributed by atoms with Gasteiger partial charge in [0, 0.05) is 12.1 Å². The van der Waals surface area contributed by atoms with E-state index in [9.17, 15) is 13.2 Å². The molecule has 1 saturated heterocycles. The summed E-state index contributed by atoms with van der Waals surface area (Å²) in [5.41, 5.74) is -0.155. The first-order chi connectivity index (χ1) is 6.81. The van der Waals surface area contributed by atoms with E-state index in [4.69, 9.17) is 0 Å². The van der Waals surface area contributed by atoms with Gasteiger partial charge in [-0.05, 0) is 33.4 Å². The van der Waals surface area contributed by atoms with E-state index < -0.39 is 12.7 Å². The average molecular weight is 224 g/mol. The second-order valence-corrected chi connectivity index (χ2v) is 4.73. The Morgan fingerprint density at radius 2 is 2.00 bits per heavy atom. The van der Waals surface area contributed by atoms with Crippen LogP contribution in [-0.2, 0) is 0 Å². The summed E-state index contributed by atoms with van der Waals surface area (Å²) < 4.78 is 36.4. The van der Waals surface area contributed by atoms with E-state index in [0.717, 1.165) is 25.8 Å². The minimum Gasteiger partial charge on any atom is -0.310 e. The van der Waals surface area contributed by atoms with Crippen LogP contribution in [0.25, 0.3) is 0 Å². The maximum atomic E-state index is 12.1. The van der Waals surface area contributed by atoms with Crippen LogP contribution < -0.4 is 5.32 Å². The molecule has 0 amide bonds. The number of piperidine rings is 1. The second-order valence-electron chi connectivity index (χ2n) is 4.73. The van der Waals surface area contributed by atoms with E-state index in [1.807, 2.05) is 6.92 Å². The van der Waals surface area contributed by atoms with Crippen molar-refractivity contribution < 1.29 is 13.2 Å². The predicted octanol–water partition coefficient (Wildman–Crippen LogP) is 2.01. The van der Waals surface area contributed by atoms with Crippen LogP contribution >= 0.6 is 0 Å². The van der Waals surface area contributed by atoms with Crippen molar-refractivity contribution >= 4 is 0 Å². The maximum absolute atomic E-state index is 12.1. The zero-order valence-corrected chi connectivity index (χ0v) is 9.32. The molecular weight excluding hydrogens is 205 g/mol. The molecule has 1 unspecified atom stereocenters. The summed E-state index contributed by atoms with van der Waals surface area (Å²) in [4.78, 5) is 1.35. The quantitative estimate of drug-likeness (QED) is 0.789. The summed E-state index contributed by atoms with van der Waals surface area (Å²) in [5, 5.41) is 3.30. The summed E-state index contributed by atoms with van der Waals surface area (Å²) >= 11 is 0. The Morgan fingerprint density at radius 3 is 2.47 bits per heavy atom. The molecule has 0 saturated carbocycles. The molecule has 0 aromatic carbocycles. The minimum absolute atomic E-state index is 0.155. The molecule has 90 valence electrons. The molecule has 5 heteroatoms. The number of nitrogens with zero attached hydrogens (tertiary/aromatic N) is 1. The fourth-order valence-corrected chi connectivity index (χ4v) is 2.21. The number of hydrogen-bond acceptors (Lipinski definition) is 2. The monoisotopic (exact) mass is 224 g/mol. The highest BCUT2D eigenvalue weighted by Crippen LogP contribution is 2.22. The van der Waals surface area contributed by atoms with Crippen molar-refractivity contribution in [2.75, 3.05) is 26.7 Å². The van der Waals surface area contributed by atoms with Gasteiger partial charge >= 0.3 is 6.18 Å². The Hall–Kier alpha value is -0.290. The van der Waals surface area contributed by atoms with Crippen molar-refractivity contribution in [1.82, 2.24) is 10.2 Å². The van der Waals surface area contributed by atoms with Crippen LogP contribution in [0.5, 0.6) is 0 Å². The fourth-order valence-electron chi connectivity index (χ4n) is 2.21. The molecule has 1 aliphatic heterocycles. The van der Waals surface area contributed by atoms with Crippen LogP contribution in [0.2, 0.25) is 0 Å². The van der Waals surface area contributed by atoms with Crippen molar-refractivity contribution in [2.24, 2.45) is 0 Å². The first-order valence-corrected chi connectivity index (χ1v) is 5.31. The van der Waals surface area contributed by atoms with Gasteiger partial charge in [-0.3, -0.25) is 4.90 Å². The number of likely N-dealkylation sites (N-methyl/N-ethyl adjacent to an activating group) is 1. The van der Waals surface area contributed by atoms with Crippen molar-refractivity contribution in [3.8, 4) is 0 Å². The highest BCUT2D eigenvalue weighted by Gasteiger charge is 2.33. The van der Waals surface area contributed by atoms with Gasteiger partial charge in [-0.25, -0.2) is 0 Å². The molecule has 1 aliphatic rings. The largest absolute Gasteiger partial charge is 0.401 e. The summed E-state index contributed by atoms with van der Waals surface area (Å²) in [5.74, 6) is 0. The molecule has 2 nitrogen and oxygen atoms in total. The Labute approximate surface area is 88.8 Å². The Bertz CT molecular complexity index is 197. The molecule has 0 aliphatic carbocycles. The van der Waals surface area contributed by atoms with Crippen molar-refractivity contribution in [1.29, 1.82) is 0 Å². The van der Waals surface area contributed by atoms with Gasteiger partial charge in [-0.2, -0.15) is 13.2 Å². The molecule has 1 heterocycles. The topological polar surface area (TPSA) is 15.3 Å². The number of rotatable bonds is 3. The van der Waals surface area contributed by atoms with Gasteiger partial charge < -0.3 is 5.32 Å². The van der Waals surface area contributed by atoms with E-state index in [0.29, 0.717) is 6.54 Å². The lowest BCUT2D eigenvalue weighted by Gasteiger charge is -2.38. The maximum Gasteiger partial charge on any atom is 0.401 e. The Morgan fingerprint density at radius 1 is 1.33 bits per heavy atom. The third-order valence-corrected chi connectivity index (χ3v) is 2.78. The first kappa shape index (κ1) is 12.8. The lowest BCUT2D eigenvalue weighted by atomic mass is 9.90. The standard InChI is InChI=1S/C10H19F3N2/c1-9(5-3-4-6-14-9)7-15(2)8-10(11,12)13/h14H,3-8H2,1-2H3. The summed E-state index contributed by atoms with van der Waals surface area (Å²) in [6.45, 7) is 2.53. The van der Waals surface area contributed by atoms with Crippen LogP contribution in [0, 0.1) is 0 Å². The van der Waals surface area contributed by atoms with Crippen LogP contribution in [0.3, 0.4) is 0 Å². The third-order valence-electron chi connectivity index (χ3n) is 2.78. The van der Waals surface area contributed by atoms with Gasteiger partial charge in [-0.15, -0.1) is 0 Å². The van der Waals surface area contributed by atoms with Crippen molar-refractivity contribution in [3.05, 3.63) is 0 Å². The SMILES string of the molecule is CN(CC(F)(F)F)CC1(C)CCCCN1. The van der Waals surface area contributed by atoms with E-state index in [1.165, 1.54) is 11.9 Å². The zero-order valence-electron chi connectivity index (χ0n) is 9.32. The lowest BCUT2D eigenvalue weighted by Crippen LogP contribution is -2.54. The van der Waals surface area contributed by atoms with Gasteiger partial charge in [0.2, 0.25) is 0 Å². The number of alkyl halides is 3. The van der Waals surface area contributed by atoms with E-state index in [1.54, 1.807) is 0 Å². The molecular formula is C10H19F3N2. The summed E-state index contributed by atoms with van der Waals surface area (Å²) in [6, 6.07) is 0. The normalized spacial score (nSPS) is 28.4. The van der Waals surface area contributed by atoms with Crippen LogP contribution in [0.1, 0.15) is 26.2 Å². The van der Waals surface area contributed by atoms with Gasteiger partial charge in [-0.1, -0.05) is 6.42 Å². The Balaban J connectivity index is 2.38. The first-order valence-electron chi connectivity index (χ1n) is 5.31. The smallest absolute Gasteiger partial charge is 0.310 e. The number of halogens is 3. The molecule has 15 heavy (non-hydrogen) atoms. The van der Waals surface area contributed by atoms with Crippen molar-refractivity contribution in [3.63, 3.8) is 0 Å². The van der Waals surface area contributed by atoms with Crippen LogP contribution in [0.15, 0.2) is 0 Å². The molecule has 1 fully saturated rings. The highest BCUT2D eigenvalue weighted by atomic mass is 19.4. The number of nitrogens with one attached hydrogen (secondary N) is 1. The molecule has 1 atom stereocenters. The second kappa shape index (κ2) is 4.70. The average Bonchev–Trinajstić information content (AvgIpc) is 1.99. The van der Waals surface area contributed by atoms with E-state index in [-0.39, 0.29) is 5.54 Å². The zero-order chi connectivity index (χ0) is 11.5. The predicted molar refractivity (Wildman–Crippen MR) is 53.8 cm³/mol. The minimum atomic E-state index is -4.10. The number of hydrogen-bond donors (Lipinski definition) is 1. The molecule has 0 radical (unpaired) electrons. The molecule has 0 spiro atoms. The van der Waals surface area contributed by atoms with Gasteiger partial charge in [0.05, 0.1) is 6.54 Å². The summed E-state index contributed by atoms with van der Waals surface area (Å²) in [7, 11) is 1.52. The molecule has 1 rings (SSSR count). The Kier molecular flexibility index (Phi) is 4.00. The lowest BCUT2D eigenvalue weighted by molar-refractivity contribution is -0.144. The molecule has 1 N–H and O–H groups in total. The van der Waals surface area contributed by atoms with Gasteiger partial charge in [0.1, 0.15) is 0 Å². The van der Waals surface area contributed by atoms with Crippen LogP contribution in [0.4, 0.5) is 13.2 Å². The third kappa shape index (κ3) is 4.84. The molecule has 0 bridgehead atoms. The van der Waals surface area contributed by atoms with E-state index in [2.05, 4.69) is 5.32 Å².